The van der Waals surface area contributed by atoms with Crippen molar-refractivity contribution < 1.29 is 9.53 Å². The summed E-state index contributed by atoms with van der Waals surface area (Å²) in [5.74, 6) is 0.146. The molecule has 0 spiro atoms. The molecule has 1 amide bonds. The Morgan fingerprint density at radius 2 is 2.00 bits per heavy atom. The standard InChI is InChI=1S/C21H22BrN3O2/c1-4-25(5-2)19-10-9-15(20(13-19)27-3)11-16(14-23)21(26)24-18-8-6-7-17(22)12-18/h6-13H,4-5H2,1-3H3,(H,24,26)/b16-11-. The maximum atomic E-state index is 12.5. The number of ether oxygens (including phenoxy) is 1. The minimum atomic E-state index is -0.467. The molecule has 0 saturated carbocycles. The third-order valence-corrected chi connectivity index (χ3v) is 4.59. The molecule has 0 heterocycles. The number of hydrogen-bond acceptors (Lipinski definition) is 4. The van der Waals surface area contributed by atoms with Gasteiger partial charge in [-0.05, 0) is 50.3 Å². The number of benzene rings is 2. The molecule has 0 saturated heterocycles. The van der Waals surface area contributed by atoms with Crippen molar-refractivity contribution in [1.29, 1.82) is 5.26 Å². The van der Waals surface area contributed by atoms with Gasteiger partial charge in [0.2, 0.25) is 0 Å². The highest BCUT2D eigenvalue weighted by Gasteiger charge is 2.13. The summed E-state index contributed by atoms with van der Waals surface area (Å²) >= 11 is 3.36. The van der Waals surface area contributed by atoms with Gasteiger partial charge in [0, 0.05) is 40.6 Å². The highest BCUT2D eigenvalue weighted by atomic mass is 79.9. The molecule has 0 aliphatic rings. The lowest BCUT2D eigenvalue weighted by molar-refractivity contribution is -0.112. The van der Waals surface area contributed by atoms with Gasteiger partial charge in [-0.3, -0.25) is 4.79 Å². The zero-order chi connectivity index (χ0) is 19.8. The molecule has 0 bridgehead atoms. The molecule has 0 atom stereocenters. The van der Waals surface area contributed by atoms with E-state index in [1.807, 2.05) is 36.4 Å². The second-order valence-corrected chi connectivity index (χ2v) is 6.65. The Labute approximate surface area is 168 Å². The third kappa shape index (κ3) is 5.35. The lowest BCUT2D eigenvalue weighted by Gasteiger charge is -2.22. The minimum absolute atomic E-state index is 0.00358. The normalized spacial score (nSPS) is 10.9. The molecule has 0 aliphatic heterocycles. The van der Waals surface area contributed by atoms with Gasteiger partial charge in [-0.15, -0.1) is 0 Å². The SMILES string of the molecule is CCN(CC)c1ccc(/C=C(/C#N)C(=O)Nc2cccc(Br)c2)c(OC)c1. The van der Waals surface area contributed by atoms with Crippen molar-refractivity contribution >= 4 is 39.3 Å². The number of carbonyl (C=O) groups is 1. The maximum absolute atomic E-state index is 12.5. The Balaban J connectivity index is 2.31. The quantitative estimate of drug-likeness (QED) is 0.506. The van der Waals surface area contributed by atoms with E-state index in [2.05, 4.69) is 40.0 Å². The van der Waals surface area contributed by atoms with Crippen molar-refractivity contribution in [2.45, 2.75) is 13.8 Å². The second-order valence-electron chi connectivity index (χ2n) is 5.73. The molecule has 6 heteroatoms. The van der Waals surface area contributed by atoms with Crippen molar-refractivity contribution in [2.75, 3.05) is 30.4 Å². The van der Waals surface area contributed by atoms with Crippen LogP contribution in [0.15, 0.2) is 52.5 Å². The lowest BCUT2D eigenvalue weighted by atomic mass is 10.1. The van der Waals surface area contributed by atoms with Crippen LogP contribution < -0.4 is 15.0 Å². The van der Waals surface area contributed by atoms with Crippen LogP contribution >= 0.6 is 15.9 Å². The number of hydrogen-bond donors (Lipinski definition) is 1. The zero-order valence-corrected chi connectivity index (χ0v) is 17.2. The summed E-state index contributed by atoms with van der Waals surface area (Å²) in [6.07, 6.45) is 1.54. The van der Waals surface area contributed by atoms with E-state index in [4.69, 9.17) is 4.74 Å². The topological polar surface area (TPSA) is 65.4 Å². The van der Waals surface area contributed by atoms with Crippen LogP contribution in [0.1, 0.15) is 19.4 Å². The van der Waals surface area contributed by atoms with E-state index < -0.39 is 5.91 Å². The number of nitrogens with one attached hydrogen (secondary N) is 1. The molecule has 1 N–H and O–H groups in total. The summed E-state index contributed by atoms with van der Waals surface area (Å²) in [5, 5.41) is 12.2. The number of methoxy groups -OCH3 is 1. The number of amides is 1. The molecular weight excluding hydrogens is 406 g/mol. The first kappa shape index (κ1) is 20.5. The number of halogens is 1. The fourth-order valence-electron chi connectivity index (χ4n) is 2.67. The van der Waals surface area contributed by atoms with E-state index in [1.165, 1.54) is 6.08 Å². The Hall–Kier alpha value is -2.78. The van der Waals surface area contributed by atoms with Gasteiger partial charge < -0.3 is 15.0 Å². The van der Waals surface area contributed by atoms with Crippen LogP contribution in [0.2, 0.25) is 0 Å². The summed E-state index contributed by atoms with van der Waals surface area (Å²) in [4.78, 5) is 14.7. The number of rotatable bonds is 7. The van der Waals surface area contributed by atoms with E-state index in [-0.39, 0.29) is 5.57 Å². The van der Waals surface area contributed by atoms with E-state index in [0.717, 1.165) is 23.2 Å². The van der Waals surface area contributed by atoms with Crippen LogP contribution in [0, 0.1) is 11.3 Å². The molecular formula is C21H22BrN3O2. The molecule has 5 nitrogen and oxygen atoms in total. The first-order chi connectivity index (χ1) is 13.0. The average molecular weight is 428 g/mol. The fourth-order valence-corrected chi connectivity index (χ4v) is 3.07. The molecule has 0 aliphatic carbocycles. The van der Waals surface area contributed by atoms with Gasteiger partial charge in [0.1, 0.15) is 17.4 Å². The maximum Gasteiger partial charge on any atom is 0.266 e. The molecule has 2 rings (SSSR count). The van der Waals surface area contributed by atoms with Crippen molar-refractivity contribution in [1.82, 2.24) is 0 Å². The number of nitrogens with zero attached hydrogens (tertiary/aromatic N) is 2. The van der Waals surface area contributed by atoms with E-state index in [9.17, 15) is 10.1 Å². The van der Waals surface area contributed by atoms with Gasteiger partial charge >= 0.3 is 0 Å². The molecule has 0 unspecified atom stereocenters. The first-order valence-corrected chi connectivity index (χ1v) is 9.43. The number of nitriles is 1. The van der Waals surface area contributed by atoms with E-state index in [0.29, 0.717) is 17.0 Å². The minimum Gasteiger partial charge on any atom is -0.496 e. The summed E-state index contributed by atoms with van der Waals surface area (Å²) in [6, 6.07) is 14.9. The van der Waals surface area contributed by atoms with Gasteiger partial charge in [-0.1, -0.05) is 22.0 Å². The molecule has 0 radical (unpaired) electrons. The number of carbonyl (C=O) groups excluding carboxylic acids is 1. The molecule has 2 aromatic rings. The number of anilines is 2. The predicted octanol–water partition coefficient (Wildman–Crippen LogP) is 4.85. The summed E-state index contributed by atoms with van der Waals surface area (Å²) in [6.45, 7) is 5.94. The lowest BCUT2D eigenvalue weighted by Crippen LogP contribution is -2.21. The molecule has 0 fully saturated rings. The van der Waals surface area contributed by atoms with Crippen LogP contribution in [0.4, 0.5) is 11.4 Å². The predicted molar refractivity (Wildman–Crippen MR) is 113 cm³/mol. The summed E-state index contributed by atoms with van der Waals surface area (Å²) in [7, 11) is 1.58. The highest BCUT2D eigenvalue weighted by Crippen LogP contribution is 2.28. The van der Waals surface area contributed by atoms with Gasteiger partial charge in [-0.2, -0.15) is 5.26 Å². The van der Waals surface area contributed by atoms with Crippen molar-refractivity contribution in [2.24, 2.45) is 0 Å². The zero-order valence-electron chi connectivity index (χ0n) is 15.6. The Morgan fingerprint density at radius 3 is 2.59 bits per heavy atom. The average Bonchev–Trinajstić information content (AvgIpc) is 2.67. The van der Waals surface area contributed by atoms with Crippen LogP contribution in [-0.4, -0.2) is 26.1 Å². The summed E-state index contributed by atoms with van der Waals surface area (Å²) < 4.78 is 6.31. The Bertz CT molecular complexity index is 883. The molecule has 2 aromatic carbocycles. The first-order valence-electron chi connectivity index (χ1n) is 8.64. The van der Waals surface area contributed by atoms with Crippen LogP contribution in [0.25, 0.3) is 6.08 Å². The van der Waals surface area contributed by atoms with Gasteiger partial charge in [0.05, 0.1) is 7.11 Å². The van der Waals surface area contributed by atoms with Gasteiger partial charge in [0.25, 0.3) is 5.91 Å². The largest absolute Gasteiger partial charge is 0.496 e. The van der Waals surface area contributed by atoms with E-state index >= 15 is 0 Å². The van der Waals surface area contributed by atoms with Crippen LogP contribution in [0.5, 0.6) is 5.75 Å². The van der Waals surface area contributed by atoms with E-state index in [1.54, 1.807) is 19.2 Å². The van der Waals surface area contributed by atoms with Crippen LogP contribution in [-0.2, 0) is 4.79 Å². The third-order valence-electron chi connectivity index (χ3n) is 4.09. The fraction of sp³-hybridized carbons (Fsp3) is 0.238. The van der Waals surface area contributed by atoms with Gasteiger partial charge in [0.15, 0.2) is 0 Å². The summed E-state index contributed by atoms with van der Waals surface area (Å²) in [5.41, 5.74) is 2.32. The van der Waals surface area contributed by atoms with Crippen molar-refractivity contribution in [3.05, 3.63) is 58.1 Å². The monoisotopic (exact) mass is 427 g/mol. The van der Waals surface area contributed by atoms with Gasteiger partial charge in [-0.25, -0.2) is 0 Å². The van der Waals surface area contributed by atoms with Crippen LogP contribution in [0.3, 0.4) is 0 Å². The highest BCUT2D eigenvalue weighted by molar-refractivity contribution is 9.10. The Kier molecular flexibility index (Phi) is 7.44. The smallest absolute Gasteiger partial charge is 0.266 e. The molecule has 27 heavy (non-hydrogen) atoms. The Morgan fingerprint density at radius 1 is 1.26 bits per heavy atom. The molecule has 0 aromatic heterocycles. The molecule has 140 valence electrons. The van der Waals surface area contributed by atoms with Crippen molar-refractivity contribution in [3.63, 3.8) is 0 Å². The second kappa shape index (κ2) is 9.79. The van der Waals surface area contributed by atoms with Crippen molar-refractivity contribution in [3.8, 4) is 11.8 Å².